The van der Waals surface area contributed by atoms with Gasteiger partial charge in [0.2, 0.25) is 5.89 Å². The summed E-state index contributed by atoms with van der Waals surface area (Å²) in [5.41, 5.74) is 4.07. The summed E-state index contributed by atoms with van der Waals surface area (Å²) in [4.78, 5) is 27.9. The molecule has 4 aromatic rings. The number of carboxylic acid groups (broad SMARTS) is 1. The molecular weight excluding hydrogens is 456 g/mol. The second-order valence-electron chi connectivity index (χ2n) is 9.94. The van der Waals surface area contributed by atoms with Crippen LogP contribution in [0.3, 0.4) is 0 Å². The SMILES string of the molecule is CCn1c(CCCc2ccc(-c3nc(C(=O)O)co3)cc2)nn(Cc2ccc(C(C)(C)C)cc2)c1=O. The summed E-state index contributed by atoms with van der Waals surface area (Å²) in [6.45, 7) is 9.55. The van der Waals surface area contributed by atoms with E-state index in [9.17, 15) is 9.59 Å². The zero-order valence-corrected chi connectivity index (χ0v) is 21.2. The van der Waals surface area contributed by atoms with Crippen molar-refractivity contribution in [1.29, 1.82) is 0 Å². The highest BCUT2D eigenvalue weighted by Crippen LogP contribution is 2.22. The summed E-state index contributed by atoms with van der Waals surface area (Å²) in [7, 11) is 0. The lowest BCUT2D eigenvalue weighted by Crippen LogP contribution is -2.25. The van der Waals surface area contributed by atoms with Gasteiger partial charge in [-0.1, -0.05) is 57.2 Å². The molecule has 0 bridgehead atoms. The van der Waals surface area contributed by atoms with E-state index in [2.05, 4.69) is 55.1 Å². The van der Waals surface area contributed by atoms with Crippen LogP contribution in [0.2, 0.25) is 0 Å². The number of carbonyl (C=O) groups is 1. The smallest absolute Gasteiger partial charge is 0.357 e. The van der Waals surface area contributed by atoms with Gasteiger partial charge in [-0.25, -0.2) is 19.3 Å². The molecule has 0 aliphatic rings. The summed E-state index contributed by atoms with van der Waals surface area (Å²) < 4.78 is 8.56. The van der Waals surface area contributed by atoms with Crippen LogP contribution in [0.25, 0.3) is 11.5 Å². The predicted molar refractivity (Wildman–Crippen MR) is 137 cm³/mol. The van der Waals surface area contributed by atoms with E-state index < -0.39 is 5.97 Å². The Morgan fingerprint density at radius 2 is 1.67 bits per heavy atom. The van der Waals surface area contributed by atoms with Gasteiger partial charge >= 0.3 is 11.7 Å². The minimum atomic E-state index is -1.12. The molecule has 188 valence electrons. The van der Waals surface area contributed by atoms with Crippen molar-refractivity contribution in [2.75, 3.05) is 0 Å². The molecule has 0 radical (unpaired) electrons. The Morgan fingerprint density at radius 3 is 2.25 bits per heavy atom. The molecule has 4 rings (SSSR count). The molecule has 1 N–H and O–H groups in total. The number of carboxylic acids is 1. The highest BCUT2D eigenvalue weighted by molar-refractivity contribution is 5.85. The Bertz CT molecular complexity index is 1390. The van der Waals surface area contributed by atoms with Gasteiger partial charge in [-0.05, 0) is 54.0 Å². The monoisotopic (exact) mass is 488 g/mol. The Labute approximate surface area is 210 Å². The van der Waals surface area contributed by atoms with E-state index in [0.717, 1.165) is 41.6 Å². The van der Waals surface area contributed by atoms with Crippen LogP contribution in [0.15, 0.2) is 64.0 Å². The number of oxazole rings is 1. The molecule has 0 saturated heterocycles. The van der Waals surface area contributed by atoms with Gasteiger partial charge in [-0.2, -0.15) is 5.10 Å². The summed E-state index contributed by atoms with van der Waals surface area (Å²) in [5, 5.41) is 13.6. The summed E-state index contributed by atoms with van der Waals surface area (Å²) in [6, 6.07) is 16.1. The maximum absolute atomic E-state index is 12.9. The average Bonchev–Trinajstić information content (AvgIpc) is 3.45. The van der Waals surface area contributed by atoms with Gasteiger partial charge in [0.1, 0.15) is 12.1 Å². The minimum absolute atomic E-state index is 0.0802. The lowest BCUT2D eigenvalue weighted by Gasteiger charge is -2.19. The van der Waals surface area contributed by atoms with Crippen molar-refractivity contribution in [3.05, 3.63) is 93.5 Å². The Morgan fingerprint density at radius 1 is 1.00 bits per heavy atom. The molecule has 0 unspecified atom stereocenters. The zero-order valence-electron chi connectivity index (χ0n) is 21.2. The third kappa shape index (κ3) is 5.64. The molecule has 0 aliphatic heterocycles. The standard InChI is InChI=1S/C28H32N4O4/c1-5-31-24(30-32(27(31)35)17-20-11-15-22(16-12-20)28(2,3)4)8-6-7-19-9-13-21(14-10-19)25-29-23(18-36-25)26(33)34/h9-16,18H,5-8,17H2,1-4H3,(H,33,34). The van der Waals surface area contributed by atoms with Crippen LogP contribution in [0.5, 0.6) is 0 Å². The molecule has 0 atom stereocenters. The molecule has 2 aromatic carbocycles. The van der Waals surface area contributed by atoms with Gasteiger partial charge in [-0.3, -0.25) is 4.57 Å². The highest BCUT2D eigenvalue weighted by Gasteiger charge is 2.15. The number of aryl methyl sites for hydroxylation is 2. The largest absolute Gasteiger partial charge is 0.476 e. The van der Waals surface area contributed by atoms with E-state index in [1.54, 1.807) is 9.25 Å². The van der Waals surface area contributed by atoms with Gasteiger partial charge < -0.3 is 9.52 Å². The fourth-order valence-corrected chi connectivity index (χ4v) is 4.14. The van der Waals surface area contributed by atoms with Crippen molar-refractivity contribution in [3.8, 4) is 11.5 Å². The van der Waals surface area contributed by atoms with Crippen molar-refractivity contribution in [2.45, 2.75) is 65.5 Å². The second kappa shape index (κ2) is 10.4. The van der Waals surface area contributed by atoms with Gasteiger partial charge in [0.15, 0.2) is 5.69 Å². The van der Waals surface area contributed by atoms with Crippen molar-refractivity contribution >= 4 is 5.97 Å². The molecule has 2 aromatic heterocycles. The Hall–Kier alpha value is -3.94. The first-order valence-corrected chi connectivity index (χ1v) is 12.2. The Balaban J connectivity index is 1.39. The fraction of sp³-hybridized carbons (Fsp3) is 0.357. The third-order valence-corrected chi connectivity index (χ3v) is 6.26. The normalized spacial score (nSPS) is 11.7. The van der Waals surface area contributed by atoms with Crippen molar-refractivity contribution < 1.29 is 14.3 Å². The van der Waals surface area contributed by atoms with Crippen LogP contribution < -0.4 is 5.69 Å². The topological polar surface area (TPSA) is 103 Å². The van der Waals surface area contributed by atoms with E-state index >= 15 is 0 Å². The zero-order chi connectivity index (χ0) is 25.9. The van der Waals surface area contributed by atoms with Crippen LogP contribution in [0.4, 0.5) is 0 Å². The number of hydrogen-bond acceptors (Lipinski definition) is 5. The number of aromatic carboxylic acids is 1. The minimum Gasteiger partial charge on any atom is -0.476 e. The van der Waals surface area contributed by atoms with Crippen molar-refractivity contribution in [1.82, 2.24) is 19.3 Å². The molecule has 36 heavy (non-hydrogen) atoms. The van der Waals surface area contributed by atoms with Gasteiger partial charge in [0, 0.05) is 18.5 Å². The molecular formula is C28H32N4O4. The molecule has 0 fully saturated rings. The van der Waals surface area contributed by atoms with Crippen molar-refractivity contribution in [2.24, 2.45) is 0 Å². The first-order valence-electron chi connectivity index (χ1n) is 12.2. The second-order valence-corrected chi connectivity index (χ2v) is 9.94. The quantitative estimate of drug-likeness (QED) is 0.358. The maximum atomic E-state index is 12.9. The van der Waals surface area contributed by atoms with Gasteiger partial charge in [-0.15, -0.1) is 0 Å². The van der Waals surface area contributed by atoms with Gasteiger partial charge in [0.25, 0.3) is 0 Å². The lowest BCUT2D eigenvalue weighted by atomic mass is 9.87. The number of hydrogen-bond donors (Lipinski definition) is 1. The highest BCUT2D eigenvalue weighted by atomic mass is 16.4. The number of benzene rings is 2. The molecule has 2 heterocycles. The number of rotatable bonds is 9. The third-order valence-electron chi connectivity index (χ3n) is 6.26. The van der Waals surface area contributed by atoms with Gasteiger partial charge in [0.05, 0.1) is 6.54 Å². The van der Waals surface area contributed by atoms with Crippen LogP contribution >= 0.6 is 0 Å². The van der Waals surface area contributed by atoms with Crippen LogP contribution in [-0.2, 0) is 31.3 Å². The molecule has 0 amide bonds. The average molecular weight is 489 g/mol. The van der Waals surface area contributed by atoms with Crippen LogP contribution in [0.1, 0.15) is 67.1 Å². The van der Waals surface area contributed by atoms with E-state index in [-0.39, 0.29) is 22.7 Å². The van der Waals surface area contributed by atoms with Crippen LogP contribution in [-0.4, -0.2) is 30.4 Å². The number of nitrogens with zero attached hydrogens (tertiary/aromatic N) is 4. The first-order chi connectivity index (χ1) is 17.2. The van der Waals surface area contributed by atoms with Crippen molar-refractivity contribution in [3.63, 3.8) is 0 Å². The molecule has 0 saturated carbocycles. The van der Waals surface area contributed by atoms with E-state index in [4.69, 9.17) is 9.52 Å². The summed E-state index contributed by atoms with van der Waals surface area (Å²) in [5.74, 6) is -0.0380. The molecule has 0 aliphatic carbocycles. The first kappa shape index (κ1) is 25.2. The van der Waals surface area contributed by atoms with E-state index in [1.807, 2.05) is 31.2 Å². The fourth-order valence-electron chi connectivity index (χ4n) is 4.14. The van der Waals surface area contributed by atoms with Crippen LogP contribution in [0, 0.1) is 0 Å². The molecule has 8 heteroatoms. The maximum Gasteiger partial charge on any atom is 0.357 e. The molecule has 0 spiro atoms. The predicted octanol–water partition coefficient (Wildman–Crippen LogP) is 4.94. The van der Waals surface area contributed by atoms with E-state index in [0.29, 0.717) is 19.5 Å². The van der Waals surface area contributed by atoms with E-state index in [1.165, 1.54) is 5.56 Å². The Kier molecular flexibility index (Phi) is 7.24. The molecule has 8 nitrogen and oxygen atoms in total. The number of aromatic nitrogens is 4. The summed E-state index contributed by atoms with van der Waals surface area (Å²) >= 11 is 0. The summed E-state index contributed by atoms with van der Waals surface area (Å²) in [6.07, 6.45) is 3.50. The lowest BCUT2D eigenvalue weighted by molar-refractivity contribution is 0.0690.